The van der Waals surface area contributed by atoms with E-state index in [4.69, 9.17) is 4.99 Å². The van der Waals surface area contributed by atoms with Gasteiger partial charge in [-0.05, 0) is 26.2 Å². The Hall–Kier alpha value is -1.14. The molecule has 0 radical (unpaired) electrons. The molecule has 0 saturated heterocycles. The summed E-state index contributed by atoms with van der Waals surface area (Å²) in [7, 11) is 0. The summed E-state index contributed by atoms with van der Waals surface area (Å²) in [5.41, 5.74) is -0.0913. The Morgan fingerprint density at radius 2 is 2.25 bits per heavy atom. The van der Waals surface area contributed by atoms with E-state index in [9.17, 15) is 5.11 Å². The van der Waals surface area contributed by atoms with Crippen LogP contribution < -0.4 is 10.6 Å². The van der Waals surface area contributed by atoms with Gasteiger partial charge in [0, 0.05) is 36.0 Å². The molecule has 1 fully saturated rings. The van der Waals surface area contributed by atoms with E-state index in [-0.39, 0.29) is 11.5 Å². The van der Waals surface area contributed by atoms with Crippen LogP contribution in [0, 0.1) is 5.41 Å². The fourth-order valence-corrected chi connectivity index (χ4v) is 3.94. The molecule has 1 aromatic rings. The highest BCUT2D eigenvalue weighted by atomic mass is 32.1. The number of aliphatic imine (C=N–C) groups is 1. The number of aliphatic hydroxyl groups excluding tert-OH is 1. The molecule has 1 saturated carbocycles. The van der Waals surface area contributed by atoms with Gasteiger partial charge in [-0.25, -0.2) is 4.98 Å². The normalized spacial score (nSPS) is 24.8. The van der Waals surface area contributed by atoms with Crippen LogP contribution in [0.15, 0.2) is 11.2 Å². The lowest BCUT2D eigenvalue weighted by molar-refractivity contribution is 0.00716. The van der Waals surface area contributed by atoms with E-state index in [2.05, 4.69) is 36.4 Å². The molecule has 136 valence electrons. The Bertz CT molecular complexity index is 531. The van der Waals surface area contributed by atoms with Crippen molar-refractivity contribution in [3.8, 4) is 0 Å². The number of thiazole rings is 1. The van der Waals surface area contributed by atoms with Crippen LogP contribution in [-0.2, 0) is 12.8 Å². The Morgan fingerprint density at radius 3 is 2.92 bits per heavy atom. The van der Waals surface area contributed by atoms with E-state index in [1.54, 1.807) is 11.3 Å². The van der Waals surface area contributed by atoms with Crippen LogP contribution in [0.2, 0.25) is 0 Å². The van der Waals surface area contributed by atoms with E-state index < -0.39 is 0 Å². The third-order valence-electron chi connectivity index (χ3n) is 4.80. The first-order chi connectivity index (χ1) is 11.6. The molecule has 2 unspecified atom stereocenters. The number of hydrogen-bond donors (Lipinski definition) is 3. The molecule has 1 aliphatic rings. The second kappa shape index (κ2) is 9.37. The minimum Gasteiger partial charge on any atom is -0.392 e. The number of aliphatic hydroxyl groups is 1. The third kappa shape index (κ3) is 5.45. The monoisotopic (exact) mass is 352 g/mol. The van der Waals surface area contributed by atoms with E-state index in [0.29, 0.717) is 6.54 Å². The summed E-state index contributed by atoms with van der Waals surface area (Å²) in [5.74, 6) is 0.837. The number of guanidine groups is 1. The number of aromatic nitrogens is 1. The van der Waals surface area contributed by atoms with Crippen LogP contribution in [-0.4, -0.2) is 41.8 Å². The summed E-state index contributed by atoms with van der Waals surface area (Å²) in [5, 5.41) is 18.2. The second-order valence-corrected chi connectivity index (χ2v) is 8.06. The molecule has 0 aromatic carbocycles. The molecule has 2 atom stereocenters. The second-order valence-electron chi connectivity index (χ2n) is 6.86. The summed E-state index contributed by atoms with van der Waals surface area (Å²) in [6.07, 6.45) is 7.98. The highest BCUT2D eigenvalue weighted by Gasteiger charge is 2.35. The molecule has 2 rings (SSSR count). The molecule has 1 heterocycles. The standard InChI is InChI=1S/C18H32N4OS/c1-4-14-12-21-16(24-14)9-11-20-17(19-5-2)22-13-18(3)10-7-6-8-15(18)23/h12,15,23H,4-11,13H2,1-3H3,(H2,19,20,22). The minimum absolute atomic E-state index is 0.0913. The maximum absolute atomic E-state index is 10.3. The van der Waals surface area contributed by atoms with E-state index >= 15 is 0 Å². The zero-order valence-corrected chi connectivity index (χ0v) is 16.1. The Balaban J connectivity index is 1.85. The van der Waals surface area contributed by atoms with Crippen LogP contribution in [0.5, 0.6) is 0 Å². The average Bonchev–Trinajstić information content (AvgIpc) is 3.04. The summed E-state index contributed by atoms with van der Waals surface area (Å²) >= 11 is 1.79. The summed E-state index contributed by atoms with van der Waals surface area (Å²) < 4.78 is 0. The first kappa shape index (κ1) is 19.2. The van der Waals surface area contributed by atoms with Crippen molar-refractivity contribution in [3.05, 3.63) is 16.1 Å². The van der Waals surface area contributed by atoms with Crippen molar-refractivity contribution in [2.24, 2.45) is 10.4 Å². The van der Waals surface area contributed by atoms with Crippen molar-refractivity contribution in [1.82, 2.24) is 15.6 Å². The predicted octanol–water partition coefficient (Wildman–Crippen LogP) is 2.74. The van der Waals surface area contributed by atoms with Crippen molar-refractivity contribution in [3.63, 3.8) is 0 Å². The number of nitrogens with zero attached hydrogens (tertiary/aromatic N) is 2. The topological polar surface area (TPSA) is 69.5 Å². The van der Waals surface area contributed by atoms with Gasteiger partial charge in [-0.15, -0.1) is 11.3 Å². The number of aryl methyl sites for hydroxylation is 1. The van der Waals surface area contributed by atoms with Gasteiger partial charge in [-0.1, -0.05) is 26.7 Å². The van der Waals surface area contributed by atoms with Crippen LogP contribution in [0.1, 0.15) is 56.3 Å². The smallest absolute Gasteiger partial charge is 0.191 e. The van der Waals surface area contributed by atoms with Gasteiger partial charge in [0.2, 0.25) is 0 Å². The average molecular weight is 353 g/mol. The first-order valence-electron chi connectivity index (χ1n) is 9.21. The molecule has 0 amide bonds. The van der Waals surface area contributed by atoms with Gasteiger partial charge in [0.15, 0.2) is 5.96 Å². The maximum atomic E-state index is 10.3. The quantitative estimate of drug-likeness (QED) is 0.521. The molecule has 0 aliphatic heterocycles. The molecule has 6 heteroatoms. The Kier molecular flexibility index (Phi) is 7.49. The Labute approximate surface area is 150 Å². The lowest BCUT2D eigenvalue weighted by Gasteiger charge is -2.37. The van der Waals surface area contributed by atoms with Crippen molar-refractivity contribution < 1.29 is 5.11 Å². The van der Waals surface area contributed by atoms with Crippen LogP contribution in [0.4, 0.5) is 0 Å². The third-order valence-corrected chi connectivity index (χ3v) is 6.01. The van der Waals surface area contributed by atoms with Crippen molar-refractivity contribution in [1.29, 1.82) is 0 Å². The highest BCUT2D eigenvalue weighted by Crippen LogP contribution is 2.36. The Morgan fingerprint density at radius 1 is 1.42 bits per heavy atom. The largest absolute Gasteiger partial charge is 0.392 e. The highest BCUT2D eigenvalue weighted by molar-refractivity contribution is 7.11. The predicted molar refractivity (Wildman–Crippen MR) is 102 cm³/mol. The van der Waals surface area contributed by atoms with Crippen molar-refractivity contribution in [2.45, 2.75) is 65.4 Å². The van der Waals surface area contributed by atoms with Crippen LogP contribution in [0.3, 0.4) is 0 Å². The lowest BCUT2D eigenvalue weighted by atomic mass is 9.73. The van der Waals surface area contributed by atoms with Crippen LogP contribution >= 0.6 is 11.3 Å². The van der Waals surface area contributed by atoms with E-state index in [1.165, 1.54) is 16.3 Å². The summed E-state index contributed by atoms with van der Waals surface area (Å²) in [6, 6.07) is 0. The number of rotatable bonds is 7. The van der Waals surface area contributed by atoms with Crippen molar-refractivity contribution in [2.75, 3.05) is 19.6 Å². The number of nitrogens with one attached hydrogen (secondary N) is 2. The molecule has 5 nitrogen and oxygen atoms in total. The van der Waals surface area contributed by atoms with Gasteiger partial charge in [0.1, 0.15) is 0 Å². The molecule has 0 bridgehead atoms. The molecule has 1 aromatic heterocycles. The molecular weight excluding hydrogens is 320 g/mol. The van der Waals surface area contributed by atoms with Crippen LogP contribution in [0.25, 0.3) is 0 Å². The zero-order chi connectivity index (χ0) is 17.4. The first-order valence-corrected chi connectivity index (χ1v) is 10.0. The van der Waals surface area contributed by atoms with Gasteiger partial charge in [0.05, 0.1) is 17.7 Å². The molecule has 3 N–H and O–H groups in total. The van der Waals surface area contributed by atoms with E-state index in [0.717, 1.165) is 51.2 Å². The van der Waals surface area contributed by atoms with E-state index in [1.807, 2.05) is 6.20 Å². The zero-order valence-electron chi connectivity index (χ0n) is 15.3. The minimum atomic E-state index is -0.235. The lowest BCUT2D eigenvalue weighted by Crippen LogP contribution is -2.42. The molecule has 1 aliphatic carbocycles. The molecular formula is C18H32N4OS. The van der Waals surface area contributed by atoms with Gasteiger partial charge < -0.3 is 15.7 Å². The van der Waals surface area contributed by atoms with Crippen molar-refractivity contribution >= 4 is 17.3 Å². The van der Waals surface area contributed by atoms with Gasteiger partial charge in [-0.2, -0.15) is 0 Å². The fourth-order valence-electron chi connectivity index (χ4n) is 3.08. The maximum Gasteiger partial charge on any atom is 0.191 e. The molecule has 0 spiro atoms. The van der Waals surface area contributed by atoms with Gasteiger partial charge in [0.25, 0.3) is 0 Å². The SMILES string of the molecule is CCNC(=NCC1(C)CCCCC1O)NCCc1ncc(CC)s1. The fraction of sp³-hybridized carbons (Fsp3) is 0.778. The van der Waals surface area contributed by atoms with Gasteiger partial charge >= 0.3 is 0 Å². The number of hydrogen-bond acceptors (Lipinski definition) is 4. The van der Waals surface area contributed by atoms with Gasteiger partial charge in [-0.3, -0.25) is 4.99 Å². The summed E-state index contributed by atoms with van der Waals surface area (Å²) in [6.45, 7) is 8.71. The molecule has 24 heavy (non-hydrogen) atoms. The summed E-state index contributed by atoms with van der Waals surface area (Å²) in [4.78, 5) is 10.5.